The lowest BCUT2D eigenvalue weighted by Crippen LogP contribution is -2.15. The molecule has 16 heavy (non-hydrogen) atoms. The van der Waals surface area contributed by atoms with Crippen molar-refractivity contribution >= 4 is 17.4 Å². The summed E-state index contributed by atoms with van der Waals surface area (Å²) < 4.78 is 0. The summed E-state index contributed by atoms with van der Waals surface area (Å²) in [4.78, 5) is 18.9. The first-order valence-electron chi connectivity index (χ1n) is 5.43. The number of Topliss-reactive ketones (excluding diaryl/α,β-unsaturated/α-hetero) is 1. The number of carbonyl (C=O) groups is 1. The summed E-state index contributed by atoms with van der Waals surface area (Å²) in [7, 11) is 0. The molecule has 0 aromatic carbocycles. The summed E-state index contributed by atoms with van der Waals surface area (Å²) >= 11 is 0. The van der Waals surface area contributed by atoms with Gasteiger partial charge >= 0.3 is 0 Å². The average molecular weight is 222 g/mol. The van der Waals surface area contributed by atoms with Gasteiger partial charge in [0.25, 0.3) is 0 Å². The molecule has 0 aliphatic rings. The molecule has 0 radical (unpaired) electrons. The van der Waals surface area contributed by atoms with Crippen molar-refractivity contribution < 1.29 is 4.79 Å². The number of rotatable bonds is 6. The third-order valence-corrected chi connectivity index (χ3v) is 2.19. The maximum atomic E-state index is 10.8. The fraction of sp³-hybridized carbons (Fsp3) is 0.545. The third kappa shape index (κ3) is 4.25. The lowest BCUT2D eigenvalue weighted by Gasteiger charge is -2.12. The van der Waals surface area contributed by atoms with Gasteiger partial charge in [0, 0.05) is 12.1 Å². The molecule has 2 N–H and O–H groups in total. The minimum Gasteiger partial charge on any atom is -0.367 e. The second-order valence-electron chi connectivity index (χ2n) is 3.80. The van der Waals surface area contributed by atoms with Gasteiger partial charge in [0.15, 0.2) is 0 Å². The molecule has 1 rings (SSSR count). The standard InChI is InChI=1S/C11H18N4O/c1-4-8(2)15-11-5-10(13-7-14-11)12-6-9(3)16/h5,7-8H,4,6H2,1-3H3,(H2,12,13,14,15). The number of carbonyl (C=O) groups excluding carboxylic acids is 1. The molecule has 1 aromatic heterocycles. The summed E-state index contributed by atoms with van der Waals surface area (Å²) in [6.07, 6.45) is 2.51. The predicted molar refractivity (Wildman–Crippen MR) is 64.6 cm³/mol. The second kappa shape index (κ2) is 6.05. The molecule has 88 valence electrons. The molecular formula is C11H18N4O. The molecule has 5 nitrogen and oxygen atoms in total. The predicted octanol–water partition coefficient (Wildman–Crippen LogP) is 1.69. The Bertz CT molecular complexity index is 354. The Morgan fingerprint density at radius 2 is 2.12 bits per heavy atom. The van der Waals surface area contributed by atoms with Crippen LogP contribution in [0.2, 0.25) is 0 Å². The molecule has 1 heterocycles. The highest BCUT2D eigenvalue weighted by Crippen LogP contribution is 2.10. The van der Waals surface area contributed by atoms with Crippen molar-refractivity contribution in [1.29, 1.82) is 0 Å². The Morgan fingerprint density at radius 3 is 2.75 bits per heavy atom. The Kier molecular flexibility index (Phi) is 4.69. The lowest BCUT2D eigenvalue weighted by molar-refractivity contribution is -0.115. The molecule has 0 spiro atoms. The molecule has 1 atom stereocenters. The molecule has 0 amide bonds. The highest BCUT2D eigenvalue weighted by atomic mass is 16.1. The van der Waals surface area contributed by atoms with Crippen molar-refractivity contribution in [3.63, 3.8) is 0 Å². The van der Waals surface area contributed by atoms with Crippen molar-refractivity contribution in [3.8, 4) is 0 Å². The maximum absolute atomic E-state index is 10.8. The number of aromatic nitrogens is 2. The van der Waals surface area contributed by atoms with E-state index in [2.05, 4.69) is 34.4 Å². The topological polar surface area (TPSA) is 66.9 Å². The monoisotopic (exact) mass is 222 g/mol. The number of hydrogen-bond donors (Lipinski definition) is 2. The van der Waals surface area contributed by atoms with Crippen LogP contribution < -0.4 is 10.6 Å². The summed E-state index contributed by atoms with van der Waals surface area (Å²) in [6.45, 7) is 6.02. The number of nitrogens with zero attached hydrogens (tertiary/aromatic N) is 2. The van der Waals surface area contributed by atoms with Crippen LogP contribution in [-0.4, -0.2) is 28.3 Å². The van der Waals surface area contributed by atoms with Crippen molar-refractivity contribution in [2.75, 3.05) is 17.2 Å². The summed E-state index contributed by atoms with van der Waals surface area (Å²) in [6, 6.07) is 2.17. The first kappa shape index (κ1) is 12.4. The van der Waals surface area contributed by atoms with Gasteiger partial charge < -0.3 is 10.6 Å². The molecular weight excluding hydrogens is 204 g/mol. The first-order valence-corrected chi connectivity index (χ1v) is 5.43. The van der Waals surface area contributed by atoms with Gasteiger partial charge in [-0.25, -0.2) is 9.97 Å². The van der Waals surface area contributed by atoms with Crippen molar-refractivity contribution in [1.82, 2.24) is 9.97 Å². The molecule has 1 unspecified atom stereocenters. The van der Waals surface area contributed by atoms with E-state index in [0.29, 0.717) is 18.4 Å². The van der Waals surface area contributed by atoms with Crippen LogP contribution in [0.5, 0.6) is 0 Å². The Morgan fingerprint density at radius 1 is 1.44 bits per heavy atom. The summed E-state index contributed by atoms with van der Waals surface area (Å²) in [5.74, 6) is 1.52. The van der Waals surface area contributed by atoms with Gasteiger partial charge in [-0.1, -0.05) is 6.92 Å². The fourth-order valence-corrected chi connectivity index (χ4v) is 1.10. The van der Waals surface area contributed by atoms with Crippen LogP contribution in [0.3, 0.4) is 0 Å². The number of hydrogen-bond acceptors (Lipinski definition) is 5. The van der Waals surface area contributed by atoms with Gasteiger partial charge in [-0.05, 0) is 20.3 Å². The Balaban J connectivity index is 2.60. The summed E-state index contributed by atoms with van der Waals surface area (Å²) in [5, 5.41) is 6.18. The van der Waals surface area contributed by atoms with E-state index < -0.39 is 0 Å². The van der Waals surface area contributed by atoms with Crippen LogP contribution in [0.4, 0.5) is 11.6 Å². The summed E-state index contributed by atoms with van der Waals surface area (Å²) in [5.41, 5.74) is 0. The normalized spacial score (nSPS) is 11.9. The smallest absolute Gasteiger partial charge is 0.148 e. The zero-order chi connectivity index (χ0) is 12.0. The van der Waals surface area contributed by atoms with E-state index >= 15 is 0 Å². The SMILES string of the molecule is CCC(C)Nc1cc(NCC(C)=O)ncn1. The fourth-order valence-electron chi connectivity index (χ4n) is 1.10. The minimum atomic E-state index is 0.0787. The van der Waals surface area contributed by atoms with Crippen molar-refractivity contribution in [3.05, 3.63) is 12.4 Å². The van der Waals surface area contributed by atoms with Crippen LogP contribution in [-0.2, 0) is 4.79 Å². The minimum absolute atomic E-state index is 0.0787. The highest BCUT2D eigenvalue weighted by Gasteiger charge is 2.02. The van der Waals surface area contributed by atoms with Crippen LogP contribution in [0.25, 0.3) is 0 Å². The molecule has 0 saturated carbocycles. The molecule has 0 saturated heterocycles. The van der Waals surface area contributed by atoms with Gasteiger partial charge in [0.1, 0.15) is 23.7 Å². The lowest BCUT2D eigenvalue weighted by atomic mass is 10.2. The van der Waals surface area contributed by atoms with E-state index in [4.69, 9.17) is 0 Å². The van der Waals surface area contributed by atoms with E-state index in [-0.39, 0.29) is 5.78 Å². The van der Waals surface area contributed by atoms with Crippen LogP contribution >= 0.6 is 0 Å². The Hall–Kier alpha value is -1.65. The van der Waals surface area contributed by atoms with E-state index in [1.165, 1.54) is 13.3 Å². The van der Waals surface area contributed by atoms with Crippen LogP contribution in [0.1, 0.15) is 27.2 Å². The largest absolute Gasteiger partial charge is 0.367 e. The molecule has 0 bridgehead atoms. The van der Waals surface area contributed by atoms with E-state index in [1.54, 1.807) is 6.07 Å². The van der Waals surface area contributed by atoms with E-state index in [1.807, 2.05) is 0 Å². The van der Waals surface area contributed by atoms with Crippen LogP contribution in [0.15, 0.2) is 12.4 Å². The second-order valence-corrected chi connectivity index (χ2v) is 3.80. The molecule has 5 heteroatoms. The van der Waals surface area contributed by atoms with Gasteiger partial charge in [-0.2, -0.15) is 0 Å². The average Bonchev–Trinajstić information content (AvgIpc) is 2.26. The molecule has 0 aliphatic carbocycles. The van der Waals surface area contributed by atoms with E-state index in [0.717, 1.165) is 12.2 Å². The number of nitrogens with one attached hydrogen (secondary N) is 2. The quantitative estimate of drug-likeness (QED) is 0.766. The van der Waals surface area contributed by atoms with Gasteiger partial charge in [-0.3, -0.25) is 4.79 Å². The van der Waals surface area contributed by atoms with Gasteiger partial charge in [-0.15, -0.1) is 0 Å². The van der Waals surface area contributed by atoms with Gasteiger partial charge in [0.2, 0.25) is 0 Å². The zero-order valence-electron chi connectivity index (χ0n) is 9.95. The number of anilines is 2. The highest BCUT2D eigenvalue weighted by molar-refractivity contribution is 5.80. The maximum Gasteiger partial charge on any atom is 0.148 e. The third-order valence-electron chi connectivity index (χ3n) is 2.19. The molecule has 0 aliphatic heterocycles. The van der Waals surface area contributed by atoms with Gasteiger partial charge in [0.05, 0.1) is 6.54 Å². The van der Waals surface area contributed by atoms with Crippen LogP contribution in [0, 0.1) is 0 Å². The number of ketones is 1. The molecule has 0 fully saturated rings. The Labute approximate surface area is 95.7 Å². The zero-order valence-corrected chi connectivity index (χ0v) is 9.95. The van der Waals surface area contributed by atoms with Crippen molar-refractivity contribution in [2.45, 2.75) is 33.2 Å². The molecule has 1 aromatic rings. The van der Waals surface area contributed by atoms with Crippen molar-refractivity contribution in [2.24, 2.45) is 0 Å². The van der Waals surface area contributed by atoms with E-state index in [9.17, 15) is 4.79 Å². The first-order chi connectivity index (χ1) is 7.61.